The molecular formula is C20H14ClF3N4O6S2. The molecule has 0 radical (unpaired) electrons. The monoisotopic (exact) mass is 562 g/mol. The second-order valence-corrected chi connectivity index (χ2v) is 10.8. The van der Waals surface area contributed by atoms with Gasteiger partial charge >= 0.3 is 6.61 Å². The topological polar surface area (TPSA) is 129 Å². The Balaban J connectivity index is 1.86. The van der Waals surface area contributed by atoms with Crippen LogP contribution in [-0.2, 0) is 20.0 Å². The lowest BCUT2D eigenvalue weighted by Crippen LogP contribution is -2.16. The molecule has 1 N–H and O–H groups in total. The van der Waals surface area contributed by atoms with Crippen molar-refractivity contribution in [1.82, 2.24) is 13.9 Å². The number of anilines is 1. The van der Waals surface area contributed by atoms with E-state index < -0.39 is 54.8 Å². The van der Waals surface area contributed by atoms with Crippen LogP contribution in [0, 0.1) is 5.82 Å². The molecule has 0 fully saturated rings. The Labute approximate surface area is 207 Å². The van der Waals surface area contributed by atoms with Crippen molar-refractivity contribution in [3.63, 3.8) is 0 Å². The molecule has 3 aromatic heterocycles. The van der Waals surface area contributed by atoms with E-state index in [1.165, 1.54) is 36.4 Å². The molecule has 0 amide bonds. The van der Waals surface area contributed by atoms with Gasteiger partial charge in [-0.3, -0.25) is 4.72 Å². The number of methoxy groups -OCH3 is 1. The first-order chi connectivity index (χ1) is 16.9. The maximum atomic E-state index is 14.2. The van der Waals surface area contributed by atoms with Crippen molar-refractivity contribution in [2.75, 3.05) is 11.8 Å². The number of halogens is 4. The van der Waals surface area contributed by atoms with Crippen LogP contribution in [0.15, 0.2) is 64.5 Å². The van der Waals surface area contributed by atoms with Crippen molar-refractivity contribution in [3.8, 4) is 11.8 Å². The van der Waals surface area contributed by atoms with Gasteiger partial charge in [0, 0.05) is 17.6 Å². The highest BCUT2D eigenvalue weighted by molar-refractivity contribution is 7.93. The summed E-state index contributed by atoms with van der Waals surface area (Å²) in [6.07, 6.45) is 0.809. The maximum absolute atomic E-state index is 14.2. The standard InChI is InChI=1S/C20H14ClF3N4O6S2/c1-33-19-14(9-13(22)18(26-19)34-20(23)24)27-35(29,30)15-10-28(17-12(15)7-8-16(21)25-17)36(31,32)11-5-3-2-4-6-11/h2-10,20,27H,1H3. The summed E-state index contributed by atoms with van der Waals surface area (Å²) in [6.45, 7) is -3.39. The van der Waals surface area contributed by atoms with Gasteiger partial charge in [0.2, 0.25) is 5.88 Å². The van der Waals surface area contributed by atoms with Crippen LogP contribution in [0.4, 0.5) is 18.9 Å². The molecule has 0 aliphatic heterocycles. The number of rotatable bonds is 8. The quantitative estimate of drug-likeness (QED) is 0.320. The van der Waals surface area contributed by atoms with Crippen LogP contribution in [0.5, 0.6) is 11.8 Å². The summed E-state index contributed by atoms with van der Waals surface area (Å²) in [4.78, 5) is 6.67. The van der Waals surface area contributed by atoms with Gasteiger partial charge in [0.15, 0.2) is 11.5 Å². The highest BCUT2D eigenvalue weighted by atomic mass is 35.5. The third-order valence-electron chi connectivity index (χ3n) is 4.69. The minimum absolute atomic E-state index is 0.107. The first-order valence-corrected chi connectivity index (χ1v) is 12.9. The molecule has 0 aliphatic rings. The lowest BCUT2D eigenvalue weighted by atomic mass is 10.3. The van der Waals surface area contributed by atoms with Crippen LogP contribution in [0.25, 0.3) is 11.0 Å². The van der Waals surface area contributed by atoms with Gasteiger partial charge in [-0.2, -0.15) is 13.8 Å². The second-order valence-electron chi connectivity index (χ2n) is 6.93. The Morgan fingerprint density at radius 3 is 2.36 bits per heavy atom. The van der Waals surface area contributed by atoms with Gasteiger partial charge in [-0.15, -0.1) is 0 Å². The highest BCUT2D eigenvalue weighted by Crippen LogP contribution is 2.34. The van der Waals surface area contributed by atoms with Crippen LogP contribution in [0.2, 0.25) is 5.15 Å². The maximum Gasteiger partial charge on any atom is 0.388 e. The molecule has 190 valence electrons. The Kier molecular flexibility index (Phi) is 6.72. The number of nitrogens with zero attached hydrogens (tertiary/aromatic N) is 3. The summed E-state index contributed by atoms with van der Waals surface area (Å²) in [5.74, 6) is -3.11. The highest BCUT2D eigenvalue weighted by Gasteiger charge is 2.29. The molecule has 36 heavy (non-hydrogen) atoms. The minimum atomic E-state index is -4.65. The largest absolute Gasteiger partial charge is 0.479 e. The Morgan fingerprint density at radius 1 is 1.03 bits per heavy atom. The lowest BCUT2D eigenvalue weighted by molar-refractivity contribution is -0.0555. The Morgan fingerprint density at radius 2 is 1.72 bits per heavy atom. The summed E-state index contributed by atoms with van der Waals surface area (Å²) in [5, 5.41) is -0.235. The van der Waals surface area contributed by atoms with Gasteiger partial charge in [0.25, 0.3) is 25.9 Å². The van der Waals surface area contributed by atoms with Gasteiger partial charge < -0.3 is 9.47 Å². The number of fused-ring (bicyclic) bond motifs is 1. The van der Waals surface area contributed by atoms with Crippen LogP contribution in [0.1, 0.15) is 0 Å². The van der Waals surface area contributed by atoms with Crippen LogP contribution < -0.4 is 14.2 Å². The summed E-state index contributed by atoms with van der Waals surface area (Å²) in [7, 11) is -7.93. The summed E-state index contributed by atoms with van der Waals surface area (Å²) >= 11 is 5.93. The van der Waals surface area contributed by atoms with Gasteiger partial charge in [-0.25, -0.2) is 30.2 Å². The zero-order valence-electron chi connectivity index (χ0n) is 17.9. The minimum Gasteiger partial charge on any atom is -0.479 e. The van der Waals surface area contributed by atoms with Gasteiger partial charge in [-0.1, -0.05) is 29.8 Å². The van der Waals surface area contributed by atoms with Crippen molar-refractivity contribution < 1.29 is 39.5 Å². The van der Waals surface area contributed by atoms with E-state index >= 15 is 0 Å². The van der Waals surface area contributed by atoms with Crippen LogP contribution in [-0.4, -0.2) is 44.5 Å². The second kappa shape index (κ2) is 9.48. The predicted molar refractivity (Wildman–Crippen MR) is 122 cm³/mol. The number of benzene rings is 1. The molecule has 16 heteroatoms. The molecule has 4 aromatic rings. The summed E-state index contributed by atoms with van der Waals surface area (Å²) in [6, 6.07) is 10.2. The number of ether oxygens (including phenoxy) is 2. The lowest BCUT2D eigenvalue weighted by Gasteiger charge is -2.13. The van der Waals surface area contributed by atoms with E-state index in [4.69, 9.17) is 16.3 Å². The average molecular weight is 563 g/mol. The number of nitrogens with one attached hydrogen (secondary N) is 1. The molecule has 4 rings (SSSR count). The molecule has 0 unspecified atom stereocenters. The average Bonchev–Trinajstić information content (AvgIpc) is 3.21. The van der Waals surface area contributed by atoms with Crippen molar-refractivity contribution in [3.05, 3.63) is 65.7 Å². The first-order valence-electron chi connectivity index (χ1n) is 9.64. The van der Waals surface area contributed by atoms with Crippen molar-refractivity contribution in [2.45, 2.75) is 16.4 Å². The van der Waals surface area contributed by atoms with E-state index in [2.05, 4.69) is 14.7 Å². The molecule has 3 heterocycles. The molecule has 0 spiro atoms. The van der Waals surface area contributed by atoms with E-state index in [9.17, 15) is 30.0 Å². The zero-order valence-corrected chi connectivity index (χ0v) is 20.3. The normalized spacial score (nSPS) is 12.2. The van der Waals surface area contributed by atoms with Gasteiger partial charge in [-0.05, 0) is 24.3 Å². The van der Waals surface area contributed by atoms with E-state index in [1.54, 1.807) is 6.07 Å². The van der Waals surface area contributed by atoms with Gasteiger partial charge in [0.1, 0.15) is 15.7 Å². The fourth-order valence-corrected chi connectivity index (χ4v) is 5.97. The SMILES string of the molecule is COc1nc(OC(F)F)c(F)cc1NS(=O)(=O)c1cn(S(=O)(=O)c2ccccc2)c2nc(Cl)ccc12. The van der Waals surface area contributed by atoms with E-state index in [-0.39, 0.29) is 21.1 Å². The predicted octanol–water partition coefficient (Wildman–Crippen LogP) is 3.87. The molecule has 0 aliphatic carbocycles. The van der Waals surface area contributed by atoms with E-state index in [0.29, 0.717) is 10.0 Å². The number of alkyl halides is 2. The number of sulfonamides is 1. The van der Waals surface area contributed by atoms with E-state index in [1.807, 2.05) is 4.72 Å². The number of pyridine rings is 2. The van der Waals surface area contributed by atoms with Gasteiger partial charge in [0.05, 0.1) is 12.0 Å². The number of aromatic nitrogens is 3. The van der Waals surface area contributed by atoms with Crippen molar-refractivity contribution in [1.29, 1.82) is 0 Å². The Bertz CT molecular complexity index is 1670. The first kappa shape index (κ1) is 25.5. The smallest absolute Gasteiger partial charge is 0.388 e. The van der Waals surface area contributed by atoms with Crippen molar-refractivity contribution >= 4 is 48.4 Å². The fourth-order valence-electron chi connectivity index (χ4n) is 3.18. The Hall–Kier alpha value is -3.56. The molecule has 0 bridgehead atoms. The molecule has 0 atom stereocenters. The van der Waals surface area contributed by atoms with Crippen molar-refractivity contribution in [2.24, 2.45) is 0 Å². The molecular weight excluding hydrogens is 549 g/mol. The number of hydrogen-bond donors (Lipinski definition) is 1. The molecule has 10 nitrogen and oxygen atoms in total. The third-order valence-corrected chi connectivity index (χ3v) is 7.95. The molecule has 0 saturated carbocycles. The number of hydrogen-bond acceptors (Lipinski definition) is 8. The van der Waals surface area contributed by atoms with Crippen LogP contribution in [0.3, 0.4) is 0 Å². The molecule has 0 saturated heterocycles. The zero-order chi connectivity index (χ0) is 26.3. The molecule has 1 aromatic carbocycles. The third kappa shape index (κ3) is 4.76. The summed E-state index contributed by atoms with van der Waals surface area (Å²) in [5.41, 5.74) is -0.853. The van der Waals surface area contributed by atoms with E-state index in [0.717, 1.165) is 13.3 Å². The summed E-state index contributed by atoms with van der Waals surface area (Å²) < 4.78 is 104. The van der Waals surface area contributed by atoms with Crippen LogP contribution >= 0.6 is 11.6 Å². The fraction of sp³-hybridized carbons (Fsp3) is 0.100.